The number of nitrogens with one attached hydrogen (secondary N) is 1. The Balaban J connectivity index is 1.58. The van der Waals surface area contributed by atoms with E-state index in [1.807, 2.05) is 30.3 Å². The number of fused-ring (bicyclic) bond motifs is 2. The van der Waals surface area contributed by atoms with Crippen LogP contribution in [-0.2, 0) is 22.9 Å². The summed E-state index contributed by atoms with van der Waals surface area (Å²) >= 11 is 6.30. The van der Waals surface area contributed by atoms with Gasteiger partial charge >= 0.3 is 0 Å². The predicted molar refractivity (Wildman–Crippen MR) is 136 cm³/mol. The van der Waals surface area contributed by atoms with Crippen LogP contribution in [-0.4, -0.2) is 8.42 Å². The average Bonchev–Trinajstić information content (AvgIpc) is 2.97. The summed E-state index contributed by atoms with van der Waals surface area (Å²) < 4.78 is 28.2. The number of hydrogen-bond donors (Lipinski definition) is 1. The van der Waals surface area contributed by atoms with E-state index in [1.54, 1.807) is 36.4 Å². The van der Waals surface area contributed by atoms with Crippen molar-refractivity contribution in [3.05, 3.63) is 130 Å². The lowest BCUT2D eigenvalue weighted by atomic mass is 9.92. The molecule has 5 heteroatoms. The maximum Gasteiger partial charge on any atom is 0.261 e. The first-order chi connectivity index (χ1) is 16.0. The molecule has 1 aliphatic rings. The van der Waals surface area contributed by atoms with Gasteiger partial charge in [-0.1, -0.05) is 72.3 Å². The molecule has 0 unspecified atom stereocenters. The van der Waals surface area contributed by atoms with Crippen LogP contribution in [0.15, 0.2) is 102 Å². The number of sulfonamides is 1. The van der Waals surface area contributed by atoms with Crippen molar-refractivity contribution < 1.29 is 8.42 Å². The molecule has 0 spiro atoms. The molecule has 3 nitrogen and oxygen atoms in total. The first-order valence-electron chi connectivity index (χ1n) is 10.8. The lowest BCUT2D eigenvalue weighted by Gasteiger charge is -2.13. The van der Waals surface area contributed by atoms with E-state index in [-0.39, 0.29) is 4.90 Å². The summed E-state index contributed by atoms with van der Waals surface area (Å²) in [6.07, 6.45) is 3.98. The molecule has 0 saturated carbocycles. The van der Waals surface area contributed by atoms with Gasteiger partial charge in [-0.15, -0.1) is 0 Å². The van der Waals surface area contributed by atoms with Crippen molar-refractivity contribution in [1.82, 2.24) is 0 Å². The summed E-state index contributed by atoms with van der Waals surface area (Å²) in [4.78, 5) is 0.234. The molecule has 4 aromatic rings. The van der Waals surface area contributed by atoms with Gasteiger partial charge in [-0.2, -0.15) is 0 Å². The minimum Gasteiger partial charge on any atom is -0.280 e. The first kappa shape index (κ1) is 21.5. The van der Waals surface area contributed by atoms with Crippen LogP contribution >= 0.6 is 11.6 Å². The number of rotatable bonds is 4. The zero-order chi connectivity index (χ0) is 22.8. The molecule has 0 amide bonds. The lowest BCUT2D eigenvalue weighted by Crippen LogP contribution is -2.12. The second-order valence-corrected chi connectivity index (χ2v) is 10.2. The first-order valence-corrected chi connectivity index (χ1v) is 12.6. The third-order valence-electron chi connectivity index (χ3n) is 5.83. The minimum atomic E-state index is -3.66. The van der Waals surface area contributed by atoms with Crippen molar-refractivity contribution in [2.24, 2.45) is 0 Å². The molecule has 5 rings (SSSR count). The summed E-state index contributed by atoms with van der Waals surface area (Å²) in [7, 11) is -3.66. The SMILES string of the molecule is O=S(=O)(Nc1cccc(C=C2c3ccccc3CCc3cc(Cl)ccc32)c1)c1ccccc1. The van der Waals surface area contributed by atoms with Gasteiger partial charge in [0.1, 0.15) is 0 Å². The highest BCUT2D eigenvalue weighted by atomic mass is 35.5. The van der Waals surface area contributed by atoms with Gasteiger partial charge in [-0.05, 0) is 88.7 Å². The molecule has 0 aliphatic heterocycles. The van der Waals surface area contributed by atoms with Crippen LogP contribution in [0, 0.1) is 0 Å². The van der Waals surface area contributed by atoms with Crippen LogP contribution in [0.25, 0.3) is 11.6 Å². The number of hydrogen-bond acceptors (Lipinski definition) is 2. The van der Waals surface area contributed by atoms with Crippen molar-refractivity contribution in [1.29, 1.82) is 0 Å². The van der Waals surface area contributed by atoms with Crippen molar-refractivity contribution in [2.45, 2.75) is 17.7 Å². The fraction of sp³-hybridized carbons (Fsp3) is 0.0714. The molecule has 0 radical (unpaired) electrons. The van der Waals surface area contributed by atoms with E-state index in [1.165, 1.54) is 16.7 Å². The number of halogens is 1. The Morgan fingerprint density at radius 1 is 0.727 bits per heavy atom. The second kappa shape index (κ2) is 8.89. The summed E-state index contributed by atoms with van der Waals surface area (Å²) in [6.45, 7) is 0. The Kier molecular flexibility index (Phi) is 5.79. The molecular weight excluding hydrogens is 450 g/mol. The third kappa shape index (κ3) is 4.58. The molecule has 0 atom stereocenters. The Morgan fingerprint density at radius 2 is 1.45 bits per heavy atom. The van der Waals surface area contributed by atoms with E-state index in [9.17, 15) is 8.42 Å². The van der Waals surface area contributed by atoms with E-state index in [4.69, 9.17) is 11.6 Å². The van der Waals surface area contributed by atoms with E-state index in [0.717, 1.165) is 34.6 Å². The predicted octanol–water partition coefficient (Wildman–Crippen LogP) is 6.83. The van der Waals surface area contributed by atoms with Crippen LogP contribution < -0.4 is 4.72 Å². The van der Waals surface area contributed by atoms with Gasteiger partial charge in [-0.3, -0.25) is 4.72 Å². The highest BCUT2D eigenvalue weighted by Gasteiger charge is 2.19. The van der Waals surface area contributed by atoms with Crippen LogP contribution in [0.5, 0.6) is 0 Å². The highest BCUT2D eigenvalue weighted by molar-refractivity contribution is 7.92. The smallest absolute Gasteiger partial charge is 0.261 e. The third-order valence-corrected chi connectivity index (χ3v) is 7.46. The van der Waals surface area contributed by atoms with Crippen molar-refractivity contribution in [3.8, 4) is 0 Å². The van der Waals surface area contributed by atoms with Crippen LogP contribution in [0.4, 0.5) is 5.69 Å². The molecule has 164 valence electrons. The molecule has 4 aromatic carbocycles. The van der Waals surface area contributed by atoms with E-state index >= 15 is 0 Å². The van der Waals surface area contributed by atoms with Crippen molar-refractivity contribution >= 4 is 39.0 Å². The zero-order valence-electron chi connectivity index (χ0n) is 17.8. The van der Waals surface area contributed by atoms with Gasteiger partial charge in [0.05, 0.1) is 4.90 Å². The van der Waals surface area contributed by atoms with Gasteiger partial charge in [0.15, 0.2) is 0 Å². The number of aryl methyl sites for hydroxylation is 2. The van der Waals surface area contributed by atoms with Crippen LogP contribution in [0.3, 0.4) is 0 Å². The van der Waals surface area contributed by atoms with Gasteiger partial charge in [0.2, 0.25) is 0 Å². The Hall–Kier alpha value is -3.34. The molecule has 0 fully saturated rings. The monoisotopic (exact) mass is 471 g/mol. The number of anilines is 1. The molecular formula is C28H22ClNO2S. The van der Waals surface area contributed by atoms with E-state index < -0.39 is 10.0 Å². The summed E-state index contributed by atoms with van der Waals surface area (Å²) in [5.41, 5.74) is 7.39. The van der Waals surface area contributed by atoms with Gasteiger partial charge in [0.25, 0.3) is 10.0 Å². The second-order valence-electron chi connectivity index (χ2n) is 8.06. The number of benzene rings is 4. The molecule has 1 aliphatic carbocycles. The standard InChI is InChI=1S/C28H22ClNO2S/c29-23-15-16-27-22(19-23)14-13-21-8-4-5-12-26(21)28(27)18-20-7-6-9-24(17-20)30-33(31,32)25-10-2-1-3-11-25/h1-12,15-19,30H,13-14H2. The fourth-order valence-electron chi connectivity index (χ4n) is 4.28. The Labute approximate surface area is 199 Å². The highest BCUT2D eigenvalue weighted by Crippen LogP contribution is 2.36. The Morgan fingerprint density at radius 3 is 2.30 bits per heavy atom. The molecule has 1 N–H and O–H groups in total. The van der Waals surface area contributed by atoms with Crippen molar-refractivity contribution in [3.63, 3.8) is 0 Å². The van der Waals surface area contributed by atoms with E-state index in [2.05, 4.69) is 41.1 Å². The average molecular weight is 472 g/mol. The van der Waals surface area contributed by atoms with Crippen LogP contribution in [0.1, 0.15) is 27.8 Å². The van der Waals surface area contributed by atoms with Crippen LogP contribution in [0.2, 0.25) is 5.02 Å². The van der Waals surface area contributed by atoms with Crippen molar-refractivity contribution in [2.75, 3.05) is 4.72 Å². The normalized spacial score (nSPS) is 14.3. The maximum absolute atomic E-state index is 12.8. The summed E-state index contributed by atoms with van der Waals surface area (Å²) in [6, 6.07) is 30.3. The summed E-state index contributed by atoms with van der Waals surface area (Å²) in [5.74, 6) is 0. The lowest BCUT2D eigenvalue weighted by molar-refractivity contribution is 0.601. The van der Waals surface area contributed by atoms with Gasteiger partial charge in [-0.25, -0.2) is 8.42 Å². The Bertz CT molecular complexity index is 1460. The molecule has 0 heterocycles. The molecule has 33 heavy (non-hydrogen) atoms. The topological polar surface area (TPSA) is 46.2 Å². The molecule has 0 saturated heterocycles. The fourth-order valence-corrected chi connectivity index (χ4v) is 5.54. The molecule has 0 bridgehead atoms. The van der Waals surface area contributed by atoms with E-state index in [0.29, 0.717) is 5.69 Å². The summed E-state index contributed by atoms with van der Waals surface area (Å²) in [5, 5.41) is 0.733. The zero-order valence-corrected chi connectivity index (χ0v) is 19.4. The molecule has 0 aromatic heterocycles. The van der Waals surface area contributed by atoms with Gasteiger partial charge in [0, 0.05) is 10.7 Å². The minimum absolute atomic E-state index is 0.234. The van der Waals surface area contributed by atoms with Gasteiger partial charge < -0.3 is 0 Å². The largest absolute Gasteiger partial charge is 0.280 e. The quantitative estimate of drug-likeness (QED) is 0.354. The maximum atomic E-state index is 12.8.